The Bertz CT molecular complexity index is 790. The number of carboxylic acid groups (broad SMARTS) is 1. The van der Waals surface area contributed by atoms with Gasteiger partial charge in [0.1, 0.15) is 0 Å². The van der Waals surface area contributed by atoms with Crippen LogP contribution in [0.25, 0.3) is 21.8 Å². The van der Waals surface area contributed by atoms with E-state index < -0.39 is 12.1 Å². The molecule has 1 atom stereocenters. The van der Waals surface area contributed by atoms with Crippen molar-refractivity contribution in [3.8, 4) is 0 Å². The van der Waals surface area contributed by atoms with Crippen LogP contribution in [0.3, 0.4) is 0 Å². The van der Waals surface area contributed by atoms with E-state index in [4.69, 9.17) is 0 Å². The van der Waals surface area contributed by atoms with Gasteiger partial charge in [-0.05, 0) is 19.1 Å². The van der Waals surface area contributed by atoms with E-state index in [0.717, 1.165) is 16.3 Å². The lowest BCUT2D eigenvalue weighted by molar-refractivity contribution is -0.255. The van der Waals surface area contributed by atoms with Gasteiger partial charge in [0, 0.05) is 16.3 Å². The lowest BCUT2D eigenvalue weighted by atomic mass is 10.1. The maximum atomic E-state index is 11.0. The number of nitrogens with one attached hydrogen (secondary N) is 1. The molecule has 3 aromatic rings. The Balaban J connectivity index is 2.48. The largest absolute Gasteiger partial charge is 0.543 e. The second-order valence-electron chi connectivity index (χ2n) is 4.45. The summed E-state index contributed by atoms with van der Waals surface area (Å²) in [6, 6.07) is 9.00. The molecule has 0 fully saturated rings. The van der Waals surface area contributed by atoms with Crippen molar-refractivity contribution in [2.24, 2.45) is 0 Å². The summed E-state index contributed by atoms with van der Waals surface area (Å²) < 4.78 is 0. The second kappa shape index (κ2) is 4.07. The normalized spacial score (nSPS) is 12.9. The fraction of sp³-hybridized carbons (Fsp3) is 0.143. The zero-order chi connectivity index (χ0) is 13.6. The standard InChI is InChI=1S/C14H12N2O3/c1-7(17)12-13-9(6-11(16-12)14(18)19)8-4-2-3-5-10(8)15-13/h2-7,15,17H,1H3,(H,18,19)/p-1. The summed E-state index contributed by atoms with van der Waals surface area (Å²) in [5.41, 5.74) is 1.67. The number of fused-ring (bicyclic) bond motifs is 3. The molecule has 19 heavy (non-hydrogen) atoms. The van der Waals surface area contributed by atoms with Crippen LogP contribution in [-0.2, 0) is 0 Å². The summed E-state index contributed by atoms with van der Waals surface area (Å²) in [7, 11) is 0. The van der Waals surface area contributed by atoms with Crippen LogP contribution in [0, 0.1) is 0 Å². The summed E-state index contributed by atoms with van der Waals surface area (Å²) in [6.45, 7) is 1.55. The summed E-state index contributed by atoms with van der Waals surface area (Å²) in [5.74, 6) is -1.35. The van der Waals surface area contributed by atoms with Gasteiger partial charge in [-0.2, -0.15) is 0 Å². The van der Waals surface area contributed by atoms with E-state index in [9.17, 15) is 15.0 Å². The number of pyridine rings is 1. The van der Waals surface area contributed by atoms with E-state index >= 15 is 0 Å². The molecule has 1 unspecified atom stereocenters. The average Bonchev–Trinajstić information content (AvgIpc) is 2.75. The molecule has 5 heteroatoms. The Hall–Kier alpha value is -2.40. The van der Waals surface area contributed by atoms with Gasteiger partial charge in [-0.25, -0.2) is 4.98 Å². The molecule has 0 amide bonds. The summed E-state index contributed by atoms with van der Waals surface area (Å²) in [5, 5.41) is 22.4. The van der Waals surface area contributed by atoms with Gasteiger partial charge in [0.15, 0.2) is 0 Å². The Morgan fingerprint density at radius 2 is 2.11 bits per heavy atom. The molecule has 3 rings (SSSR count). The van der Waals surface area contributed by atoms with Crippen LogP contribution >= 0.6 is 0 Å². The van der Waals surface area contributed by atoms with Gasteiger partial charge < -0.3 is 20.0 Å². The first kappa shape index (κ1) is 11.7. The highest BCUT2D eigenvalue weighted by atomic mass is 16.4. The molecule has 2 aromatic heterocycles. The van der Waals surface area contributed by atoms with E-state index in [2.05, 4.69) is 9.97 Å². The minimum absolute atomic E-state index is 0.173. The van der Waals surface area contributed by atoms with Crippen LogP contribution < -0.4 is 5.11 Å². The van der Waals surface area contributed by atoms with Crippen molar-refractivity contribution >= 4 is 27.8 Å². The van der Waals surface area contributed by atoms with E-state index in [1.807, 2.05) is 24.3 Å². The zero-order valence-corrected chi connectivity index (χ0v) is 10.2. The van der Waals surface area contributed by atoms with Gasteiger partial charge in [0.25, 0.3) is 0 Å². The van der Waals surface area contributed by atoms with Crippen LogP contribution in [0.5, 0.6) is 0 Å². The van der Waals surface area contributed by atoms with Gasteiger partial charge in [-0.1, -0.05) is 18.2 Å². The molecule has 1 aromatic carbocycles. The number of aliphatic hydroxyl groups excluding tert-OH is 1. The Kier molecular flexibility index (Phi) is 2.50. The fourth-order valence-electron chi connectivity index (χ4n) is 2.28. The minimum Gasteiger partial charge on any atom is -0.543 e. The summed E-state index contributed by atoms with van der Waals surface area (Å²) >= 11 is 0. The molecule has 0 bridgehead atoms. The van der Waals surface area contributed by atoms with E-state index in [0.29, 0.717) is 11.2 Å². The SMILES string of the molecule is CC(O)c1nc(C(=O)[O-])cc2c1[nH]c1ccccc12. The lowest BCUT2D eigenvalue weighted by Gasteiger charge is -2.09. The van der Waals surface area contributed by atoms with Crippen LogP contribution in [0.2, 0.25) is 0 Å². The highest BCUT2D eigenvalue weighted by molar-refractivity contribution is 6.09. The highest BCUT2D eigenvalue weighted by Crippen LogP contribution is 2.29. The maximum Gasteiger partial charge on any atom is 0.0953 e. The molecule has 0 saturated carbocycles. The van der Waals surface area contributed by atoms with Gasteiger partial charge >= 0.3 is 0 Å². The first-order valence-corrected chi connectivity index (χ1v) is 5.88. The van der Waals surface area contributed by atoms with Crippen LogP contribution in [0.1, 0.15) is 29.2 Å². The van der Waals surface area contributed by atoms with E-state index in [-0.39, 0.29) is 5.69 Å². The number of carboxylic acids is 1. The Morgan fingerprint density at radius 3 is 2.79 bits per heavy atom. The van der Waals surface area contributed by atoms with E-state index in [1.165, 1.54) is 6.07 Å². The van der Waals surface area contributed by atoms with Gasteiger partial charge in [-0.3, -0.25) is 0 Å². The third-order valence-corrected chi connectivity index (χ3v) is 3.13. The number of nitrogens with zero attached hydrogens (tertiary/aromatic N) is 1. The molecule has 0 spiro atoms. The number of carbonyl (C=O) groups excluding carboxylic acids is 1. The molecule has 0 aliphatic rings. The predicted octanol–water partition coefficient (Wildman–Crippen LogP) is 1.13. The molecule has 2 heterocycles. The number of rotatable bonds is 2. The number of H-pyrrole nitrogens is 1. The summed E-state index contributed by atoms with van der Waals surface area (Å²) in [6.07, 6.45) is -0.866. The highest BCUT2D eigenvalue weighted by Gasteiger charge is 2.15. The number of aliphatic hydroxyl groups is 1. The van der Waals surface area contributed by atoms with Crippen molar-refractivity contribution in [1.29, 1.82) is 0 Å². The molecule has 96 valence electrons. The molecule has 2 N–H and O–H groups in total. The smallest absolute Gasteiger partial charge is 0.0953 e. The minimum atomic E-state index is -1.35. The number of hydrogen-bond acceptors (Lipinski definition) is 4. The van der Waals surface area contributed by atoms with Crippen LogP contribution in [0.15, 0.2) is 30.3 Å². The number of aromatic carboxylic acids is 1. The Morgan fingerprint density at radius 1 is 1.37 bits per heavy atom. The molecule has 0 aliphatic carbocycles. The number of aromatic amines is 1. The van der Waals surface area contributed by atoms with Gasteiger partial charge in [-0.15, -0.1) is 0 Å². The first-order valence-electron chi connectivity index (χ1n) is 5.88. The van der Waals surface area contributed by atoms with Crippen LogP contribution in [0.4, 0.5) is 0 Å². The zero-order valence-electron chi connectivity index (χ0n) is 10.2. The molecule has 0 aliphatic heterocycles. The second-order valence-corrected chi connectivity index (χ2v) is 4.45. The van der Waals surface area contributed by atoms with Crippen molar-refractivity contribution in [3.63, 3.8) is 0 Å². The van der Waals surface area contributed by atoms with Crippen molar-refractivity contribution in [1.82, 2.24) is 9.97 Å². The average molecular weight is 255 g/mol. The first-order chi connectivity index (χ1) is 9.08. The lowest BCUT2D eigenvalue weighted by Crippen LogP contribution is -2.24. The Labute approximate surface area is 108 Å². The topological polar surface area (TPSA) is 89.0 Å². The van der Waals surface area contributed by atoms with Crippen molar-refractivity contribution in [2.75, 3.05) is 0 Å². The van der Waals surface area contributed by atoms with Crippen LogP contribution in [-0.4, -0.2) is 21.0 Å². The number of benzene rings is 1. The third-order valence-electron chi connectivity index (χ3n) is 3.13. The van der Waals surface area contributed by atoms with Gasteiger partial charge in [0.2, 0.25) is 0 Å². The molecule has 0 radical (unpaired) electrons. The number of para-hydroxylation sites is 1. The predicted molar refractivity (Wildman–Crippen MR) is 68.6 cm³/mol. The quantitative estimate of drug-likeness (QED) is 0.718. The van der Waals surface area contributed by atoms with Crippen molar-refractivity contribution in [3.05, 3.63) is 41.7 Å². The fourth-order valence-corrected chi connectivity index (χ4v) is 2.28. The molecular formula is C14H11N2O3-. The van der Waals surface area contributed by atoms with E-state index in [1.54, 1.807) is 6.92 Å². The van der Waals surface area contributed by atoms with Gasteiger partial charge in [0.05, 0.1) is 29.0 Å². The molecule has 0 saturated heterocycles. The number of aromatic nitrogens is 2. The maximum absolute atomic E-state index is 11.0. The molecule has 5 nitrogen and oxygen atoms in total. The van der Waals surface area contributed by atoms with Crippen molar-refractivity contribution < 1.29 is 15.0 Å². The monoisotopic (exact) mass is 255 g/mol. The summed E-state index contributed by atoms with van der Waals surface area (Å²) in [4.78, 5) is 18.1. The number of hydrogen-bond donors (Lipinski definition) is 2. The number of carbonyl (C=O) groups is 1. The third kappa shape index (κ3) is 1.75. The van der Waals surface area contributed by atoms with Crippen molar-refractivity contribution in [2.45, 2.75) is 13.0 Å². The molecular weight excluding hydrogens is 244 g/mol.